The second kappa shape index (κ2) is 8.67. The Kier molecular flexibility index (Phi) is 6.07. The first-order chi connectivity index (χ1) is 13.1. The van der Waals surface area contributed by atoms with Crippen molar-refractivity contribution in [2.24, 2.45) is 0 Å². The van der Waals surface area contributed by atoms with Gasteiger partial charge in [-0.05, 0) is 48.2 Å². The lowest BCUT2D eigenvalue weighted by molar-refractivity contribution is -0.116. The lowest BCUT2D eigenvalue weighted by Gasteiger charge is -2.14. The van der Waals surface area contributed by atoms with E-state index in [-0.39, 0.29) is 11.7 Å². The fraction of sp³-hybridized carbons (Fsp3) is 0.261. The molecule has 1 N–H and O–H groups in total. The van der Waals surface area contributed by atoms with E-state index in [2.05, 4.69) is 19.2 Å². The van der Waals surface area contributed by atoms with Crippen LogP contribution in [-0.4, -0.2) is 5.91 Å². The number of nitrogens with one attached hydrogen (secondary N) is 1. The fourth-order valence-electron chi connectivity index (χ4n) is 3.16. The Labute approximate surface area is 159 Å². The van der Waals surface area contributed by atoms with Gasteiger partial charge in [-0.2, -0.15) is 0 Å². The zero-order chi connectivity index (χ0) is 19.2. The first-order valence-electron chi connectivity index (χ1n) is 9.36. The maximum absolute atomic E-state index is 13.9. The topological polar surface area (TPSA) is 42.2 Å². The number of furan rings is 1. The summed E-state index contributed by atoms with van der Waals surface area (Å²) in [4.78, 5) is 12.4. The van der Waals surface area contributed by atoms with Crippen LogP contribution in [0.25, 0.3) is 11.3 Å². The van der Waals surface area contributed by atoms with Crippen molar-refractivity contribution >= 4 is 11.6 Å². The van der Waals surface area contributed by atoms with Crippen LogP contribution in [0.4, 0.5) is 10.1 Å². The number of carbonyl (C=O) groups excluding carboxylic acids is 1. The highest BCUT2D eigenvalue weighted by molar-refractivity contribution is 5.92. The zero-order valence-corrected chi connectivity index (χ0v) is 15.7. The molecule has 1 heterocycles. The molecule has 27 heavy (non-hydrogen) atoms. The molecule has 0 bridgehead atoms. The molecule has 0 aliphatic carbocycles. The summed E-state index contributed by atoms with van der Waals surface area (Å²) in [5.74, 6) is 0.782. The number of hydrogen-bond acceptors (Lipinski definition) is 2. The molecule has 0 saturated heterocycles. The van der Waals surface area contributed by atoms with Crippen LogP contribution in [0.1, 0.15) is 37.2 Å². The van der Waals surface area contributed by atoms with Gasteiger partial charge < -0.3 is 9.73 Å². The summed E-state index contributed by atoms with van der Waals surface area (Å²) >= 11 is 0. The van der Waals surface area contributed by atoms with E-state index in [1.165, 1.54) is 6.07 Å². The number of para-hydroxylation sites is 1. The van der Waals surface area contributed by atoms with Gasteiger partial charge >= 0.3 is 0 Å². The summed E-state index contributed by atoms with van der Waals surface area (Å²) in [7, 11) is 0. The third-order valence-corrected chi connectivity index (χ3v) is 4.66. The summed E-state index contributed by atoms with van der Waals surface area (Å²) in [5.41, 5.74) is 3.64. The first kappa shape index (κ1) is 18.9. The van der Waals surface area contributed by atoms with Crippen LogP contribution in [0.5, 0.6) is 0 Å². The van der Waals surface area contributed by atoms with Crippen molar-refractivity contribution in [3.8, 4) is 11.3 Å². The van der Waals surface area contributed by atoms with E-state index in [4.69, 9.17) is 4.42 Å². The predicted molar refractivity (Wildman–Crippen MR) is 106 cm³/mol. The minimum Gasteiger partial charge on any atom is -0.461 e. The summed E-state index contributed by atoms with van der Waals surface area (Å²) in [6.45, 7) is 4.16. The van der Waals surface area contributed by atoms with E-state index in [9.17, 15) is 9.18 Å². The van der Waals surface area contributed by atoms with Gasteiger partial charge in [0, 0.05) is 18.5 Å². The number of amides is 1. The van der Waals surface area contributed by atoms with Crippen molar-refractivity contribution in [2.75, 3.05) is 5.32 Å². The van der Waals surface area contributed by atoms with Gasteiger partial charge in [0.2, 0.25) is 5.91 Å². The second-order valence-electron chi connectivity index (χ2n) is 6.45. The van der Waals surface area contributed by atoms with E-state index in [1.54, 1.807) is 30.3 Å². The number of carbonyl (C=O) groups is 1. The van der Waals surface area contributed by atoms with E-state index in [0.29, 0.717) is 29.9 Å². The number of rotatable bonds is 7. The summed E-state index contributed by atoms with van der Waals surface area (Å²) < 4.78 is 19.6. The molecule has 3 nitrogen and oxygen atoms in total. The van der Waals surface area contributed by atoms with Gasteiger partial charge in [-0.15, -0.1) is 0 Å². The monoisotopic (exact) mass is 365 g/mol. The van der Waals surface area contributed by atoms with E-state index in [0.717, 1.165) is 29.7 Å². The number of halogens is 1. The molecule has 140 valence electrons. The SMILES string of the molecule is CCc1cccc(CC)c1NC(=O)CCc1ccc(-c2ccccc2F)o1. The highest BCUT2D eigenvalue weighted by atomic mass is 19.1. The van der Waals surface area contributed by atoms with Crippen molar-refractivity contribution in [1.29, 1.82) is 0 Å². The van der Waals surface area contributed by atoms with Crippen molar-refractivity contribution < 1.29 is 13.6 Å². The largest absolute Gasteiger partial charge is 0.461 e. The van der Waals surface area contributed by atoms with Gasteiger partial charge in [0.05, 0.1) is 5.56 Å². The van der Waals surface area contributed by atoms with Crippen LogP contribution in [0.15, 0.2) is 59.0 Å². The summed E-state index contributed by atoms with van der Waals surface area (Å²) in [5, 5.41) is 3.06. The molecule has 3 aromatic rings. The molecule has 1 amide bonds. The molecular weight excluding hydrogens is 341 g/mol. The molecule has 0 spiro atoms. The average Bonchev–Trinajstić information content (AvgIpc) is 3.15. The van der Waals surface area contributed by atoms with E-state index >= 15 is 0 Å². The van der Waals surface area contributed by atoms with Crippen molar-refractivity contribution in [1.82, 2.24) is 0 Å². The fourth-order valence-corrected chi connectivity index (χ4v) is 3.16. The highest BCUT2D eigenvalue weighted by Crippen LogP contribution is 2.26. The quantitative estimate of drug-likeness (QED) is 0.576. The third-order valence-electron chi connectivity index (χ3n) is 4.66. The second-order valence-corrected chi connectivity index (χ2v) is 6.45. The highest BCUT2D eigenvalue weighted by Gasteiger charge is 2.13. The zero-order valence-electron chi connectivity index (χ0n) is 15.7. The van der Waals surface area contributed by atoms with Crippen LogP contribution < -0.4 is 5.32 Å². The van der Waals surface area contributed by atoms with Gasteiger partial charge in [-0.25, -0.2) is 4.39 Å². The molecule has 0 fully saturated rings. The number of anilines is 1. The lowest BCUT2D eigenvalue weighted by atomic mass is 10.0. The maximum Gasteiger partial charge on any atom is 0.224 e. The third kappa shape index (κ3) is 4.45. The predicted octanol–water partition coefficient (Wildman–Crippen LogP) is 5.78. The number of benzene rings is 2. The van der Waals surface area contributed by atoms with Crippen LogP contribution in [-0.2, 0) is 24.1 Å². The molecule has 0 aliphatic rings. The molecule has 0 aliphatic heterocycles. The van der Waals surface area contributed by atoms with Crippen LogP contribution >= 0.6 is 0 Å². The summed E-state index contributed by atoms with van der Waals surface area (Å²) in [6, 6.07) is 16.2. The Bertz CT molecular complexity index is 907. The van der Waals surface area contributed by atoms with Crippen LogP contribution in [0.2, 0.25) is 0 Å². The molecule has 2 aromatic carbocycles. The Morgan fingerprint density at radius 3 is 2.33 bits per heavy atom. The molecule has 0 radical (unpaired) electrons. The Morgan fingerprint density at radius 1 is 0.963 bits per heavy atom. The minimum atomic E-state index is -0.320. The molecule has 1 aromatic heterocycles. The first-order valence-corrected chi connectivity index (χ1v) is 9.36. The molecule has 0 saturated carbocycles. The average molecular weight is 365 g/mol. The van der Waals surface area contributed by atoms with Crippen LogP contribution in [0.3, 0.4) is 0 Å². The van der Waals surface area contributed by atoms with E-state index < -0.39 is 0 Å². The van der Waals surface area contributed by atoms with Gasteiger partial charge in [0.25, 0.3) is 0 Å². The van der Waals surface area contributed by atoms with E-state index in [1.807, 2.05) is 18.2 Å². The lowest BCUT2D eigenvalue weighted by Crippen LogP contribution is -2.15. The maximum atomic E-state index is 13.9. The van der Waals surface area contributed by atoms with Gasteiger partial charge in [-0.3, -0.25) is 4.79 Å². The standard InChI is InChI=1S/C23H24FNO2/c1-3-16-8-7-9-17(4-2)23(16)25-22(26)15-13-18-12-14-21(27-18)19-10-5-6-11-20(19)24/h5-12,14H,3-4,13,15H2,1-2H3,(H,25,26). The van der Waals surface area contributed by atoms with Gasteiger partial charge in [-0.1, -0.05) is 44.2 Å². The van der Waals surface area contributed by atoms with Crippen molar-refractivity contribution in [3.05, 3.63) is 77.3 Å². The normalized spacial score (nSPS) is 10.8. The Morgan fingerprint density at radius 2 is 1.67 bits per heavy atom. The molecule has 3 rings (SSSR count). The van der Waals surface area contributed by atoms with Crippen molar-refractivity contribution in [3.63, 3.8) is 0 Å². The Hall–Kier alpha value is -2.88. The van der Waals surface area contributed by atoms with Crippen molar-refractivity contribution in [2.45, 2.75) is 39.5 Å². The molecule has 4 heteroatoms. The van der Waals surface area contributed by atoms with Gasteiger partial charge in [0.1, 0.15) is 17.3 Å². The summed E-state index contributed by atoms with van der Waals surface area (Å²) in [6.07, 6.45) is 2.52. The minimum absolute atomic E-state index is 0.0468. The number of aryl methyl sites for hydroxylation is 3. The molecular formula is C23H24FNO2. The smallest absolute Gasteiger partial charge is 0.224 e. The molecule has 0 atom stereocenters. The van der Waals surface area contributed by atoms with Gasteiger partial charge in [0.15, 0.2) is 0 Å². The number of hydrogen-bond donors (Lipinski definition) is 1. The molecule has 0 unspecified atom stereocenters. The van der Waals surface area contributed by atoms with Crippen LogP contribution in [0, 0.1) is 5.82 Å². The Balaban J connectivity index is 1.65.